The van der Waals surface area contributed by atoms with Crippen LogP contribution < -0.4 is 5.32 Å². The van der Waals surface area contributed by atoms with Crippen LogP contribution in [0.3, 0.4) is 0 Å². The van der Waals surface area contributed by atoms with Gasteiger partial charge >= 0.3 is 5.97 Å². The summed E-state index contributed by atoms with van der Waals surface area (Å²) in [6, 6.07) is 5.77. The van der Waals surface area contributed by atoms with E-state index in [4.69, 9.17) is 5.11 Å². The molecular formula is C12H12BrN3O2. The first-order valence-electron chi connectivity index (χ1n) is 5.53. The number of aromatic nitrogens is 2. The van der Waals surface area contributed by atoms with Crippen molar-refractivity contribution in [3.8, 4) is 0 Å². The van der Waals surface area contributed by atoms with Crippen molar-refractivity contribution in [3.05, 3.63) is 29.0 Å². The van der Waals surface area contributed by atoms with Crippen LogP contribution in [0.4, 0.5) is 5.82 Å². The van der Waals surface area contributed by atoms with E-state index in [0.29, 0.717) is 13.0 Å². The Morgan fingerprint density at radius 3 is 3.00 bits per heavy atom. The van der Waals surface area contributed by atoms with Crippen molar-refractivity contribution >= 4 is 38.6 Å². The first-order chi connectivity index (χ1) is 8.66. The minimum absolute atomic E-state index is 0.154. The highest BCUT2D eigenvalue weighted by Crippen LogP contribution is 2.22. The number of aliphatic carboxylic acids is 1. The zero-order chi connectivity index (χ0) is 13.0. The van der Waals surface area contributed by atoms with Crippen molar-refractivity contribution < 1.29 is 9.90 Å². The molecule has 2 rings (SSSR count). The van der Waals surface area contributed by atoms with Crippen LogP contribution in [0.5, 0.6) is 0 Å². The van der Waals surface area contributed by atoms with Gasteiger partial charge < -0.3 is 10.4 Å². The average molecular weight is 310 g/mol. The number of carbonyl (C=O) groups is 1. The van der Waals surface area contributed by atoms with E-state index in [2.05, 4.69) is 31.2 Å². The number of fused-ring (bicyclic) bond motifs is 1. The van der Waals surface area contributed by atoms with E-state index >= 15 is 0 Å². The maximum absolute atomic E-state index is 10.4. The van der Waals surface area contributed by atoms with Gasteiger partial charge in [0.15, 0.2) is 0 Å². The van der Waals surface area contributed by atoms with Crippen LogP contribution >= 0.6 is 15.9 Å². The lowest BCUT2D eigenvalue weighted by molar-refractivity contribution is -0.137. The quantitative estimate of drug-likeness (QED) is 0.831. The van der Waals surface area contributed by atoms with Crippen LogP contribution in [0, 0.1) is 0 Å². The molecule has 1 heterocycles. The molecule has 0 atom stereocenters. The SMILES string of the molecule is O=C(O)CCCNc1ncnc2cc(Br)ccc12. The van der Waals surface area contributed by atoms with Gasteiger partial charge in [-0.2, -0.15) is 0 Å². The molecule has 94 valence electrons. The van der Waals surface area contributed by atoms with E-state index in [1.54, 1.807) is 0 Å². The van der Waals surface area contributed by atoms with Gasteiger partial charge in [-0.15, -0.1) is 0 Å². The van der Waals surface area contributed by atoms with Gasteiger partial charge in [-0.05, 0) is 24.6 Å². The van der Waals surface area contributed by atoms with Crippen LogP contribution in [0.15, 0.2) is 29.0 Å². The third kappa shape index (κ3) is 3.16. The van der Waals surface area contributed by atoms with Crippen LogP contribution in [0.25, 0.3) is 10.9 Å². The maximum atomic E-state index is 10.4. The number of carboxylic acid groups (broad SMARTS) is 1. The Morgan fingerprint density at radius 2 is 2.22 bits per heavy atom. The highest BCUT2D eigenvalue weighted by molar-refractivity contribution is 9.10. The fourth-order valence-corrected chi connectivity index (χ4v) is 1.97. The summed E-state index contributed by atoms with van der Waals surface area (Å²) in [5.41, 5.74) is 0.847. The molecule has 0 aliphatic rings. The van der Waals surface area contributed by atoms with E-state index < -0.39 is 5.97 Å². The molecule has 2 aromatic rings. The van der Waals surface area contributed by atoms with Gasteiger partial charge in [0.2, 0.25) is 0 Å². The van der Waals surface area contributed by atoms with Crippen molar-refractivity contribution in [1.29, 1.82) is 0 Å². The Hall–Kier alpha value is -1.69. The molecule has 0 aliphatic carbocycles. The second-order valence-electron chi connectivity index (χ2n) is 3.81. The summed E-state index contributed by atoms with van der Waals surface area (Å²) < 4.78 is 0.963. The van der Waals surface area contributed by atoms with Crippen molar-refractivity contribution in [2.45, 2.75) is 12.8 Å². The second-order valence-corrected chi connectivity index (χ2v) is 4.72. The van der Waals surface area contributed by atoms with Gasteiger partial charge in [0.25, 0.3) is 0 Å². The van der Waals surface area contributed by atoms with Gasteiger partial charge in [-0.25, -0.2) is 9.97 Å². The van der Waals surface area contributed by atoms with Gasteiger partial charge in [0.1, 0.15) is 12.1 Å². The van der Waals surface area contributed by atoms with Gasteiger partial charge in [-0.1, -0.05) is 15.9 Å². The fraction of sp³-hybridized carbons (Fsp3) is 0.250. The summed E-state index contributed by atoms with van der Waals surface area (Å²) in [6.07, 6.45) is 2.22. The third-order valence-corrected chi connectivity index (χ3v) is 2.95. The van der Waals surface area contributed by atoms with E-state index in [9.17, 15) is 4.79 Å². The summed E-state index contributed by atoms with van der Waals surface area (Å²) in [4.78, 5) is 18.8. The molecule has 0 saturated heterocycles. The summed E-state index contributed by atoms with van der Waals surface area (Å²) in [5, 5.41) is 12.6. The molecule has 6 heteroatoms. The predicted octanol–water partition coefficient (Wildman–Crippen LogP) is 2.67. The highest BCUT2D eigenvalue weighted by atomic mass is 79.9. The van der Waals surface area contributed by atoms with Crippen molar-refractivity contribution in [1.82, 2.24) is 9.97 Å². The topological polar surface area (TPSA) is 75.1 Å². The molecular weight excluding hydrogens is 298 g/mol. The number of anilines is 1. The second kappa shape index (κ2) is 5.77. The van der Waals surface area contributed by atoms with E-state index in [0.717, 1.165) is 21.2 Å². The fourth-order valence-electron chi connectivity index (χ4n) is 1.62. The average Bonchev–Trinajstić information content (AvgIpc) is 2.34. The number of rotatable bonds is 5. The molecule has 0 bridgehead atoms. The first kappa shape index (κ1) is 12.8. The molecule has 0 spiro atoms. The number of benzene rings is 1. The monoisotopic (exact) mass is 309 g/mol. The molecule has 1 aromatic carbocycles. The van der Waals surface area contributed by atoms with E-state index in [1.807, 2.05) is 18.2 Å². The van der Waals surface area contributed by atoms with E-state index in [1.165, 1.54) is 6.33 Å². The van der Waals surface area contributed by atoms with Crippen LogP contribution in [0.2, 0.25) is 0 Å². The largest absolute Gasteiger partial charge is 0.481 e. The lowest BCUT2D eigenvalue weighted by atomic mass is 10.2. The Labute approximate surface area is 112 Å². The van der Waals surface area contributed by atoms with Crippen molar-refractivity contribution in [2.75, 3.05) is 11.9 Å². The number of nitrogens with one attached hydrogen (secondary N) is 1. The molecule has 2 N–H and O–H groups in total. The predicted molar refractivity (Wildman–Crippen MR) is 72.6 cm³/mol. The van der Waals surface area contributed by atoms with Crippen LogP contribution in [-0.2, 0) is 4.79 Å². The van der Waals surface area contributed by atoms with E-state index in [-0.39, 0.29) is 6.42 Å². The Balaban J connectivity index is 2.11. The van der Waals surface area contributed by atoms with Crippen molar-refractivity contribution in [2.24, 2.45) is 0 Å². The molecule has 0 radical (unpaired) electrons. The Bertz CT molecular complexity index is 574. The zero-order valence-electron chi connectivity index (χ0n) is 9.56. The first-order valence-corrected chi connectivity index (χ1v) is 6.32. The minimum Gasteiger partial charge on any atom is -0.481 e. The summed E-state index contributed by atoms with van der Waals surface area (Å²) >= 11 is 3.39. The highest BCUT2D eigenvalue weighted by Gasteiger charge is 2.04. The van der Waals surface area contributed by atoms with Gasteiger partial charge in [0, 0.05) is 22.8 Å². The molecule has 18 heavy (non-hydrogen) atoms. The van der Waals surface area contributed by atoms with Crippen molar-refractivity contribution in [3.63, 3.8) is 0 Å². The molecule has 0 fully saturated rings. The van der Waals surface area contributed by atoms with Gasteiger partial charge in [-0.3, -0.25) is 4.79 Å². The maximum Gasteiger partial charge on any atom is 0.303 e. The third-order valence-electron chi connectivity index (χ3n) is 2.46. The van der Waals surface area contributed by atoms with Crippen LogP contribution in [0.1, 0.15) is 12.8 Å². The zero-order valence-corrected chi connectivity index (χ0v) is 11.1. The molecule has 0 amide bonds. The number of hydrogen-bond donors (Lipinski definition) is 2. The summed E-state index contributed by atoms with van der Waals surface area (Å²) in [5.74, 6) is -0.0498. The lowest BCUT2D eigenvalue weighted by Crippen LogP contribution is -2.06. The summed E-state index contributed by atoms with van der Waals surface area (Å²) in [7, 11) is 0. The Kier molecular flexibility index (Phi) is 4.09. The molecule has 5 nitrogen and oxygen atoms in total. The number of halogens is 1. The van der Waals surface area contributed by atoms with Gasteiger partial charge in [0.05, 0.1) is 5.52 Å². The number of hydrogen-bond acceptors (Lipinski definition) is 4. The summed E-state index contributed by atoms with van der Waals surface area (Å²) in [6.45, 7) is 0.578. The number of nitrogens with zero attached hydrogens (tertiary/aromatic N) is 2. The molecule has 0 unspecified atom stereocenters. The molecule has 0 saturated carbocycles. The lowest BCUT2D eigenvalue weighted by Gasteiger charge is -2.07. The standard InChI is InChI=1S/C12H12BrN3O2/c13-8-3-4-9-10(6-8)15-7-16-12(9)14-5-1-2-11(17)18/h3-4,6-7H,1-2,5H2,(H,17,18)(H,14,15,16). The molecule has 1 aromatic heterocycles. The smallest absolute Gasteiger partial charge is 0.303 e. The molecule has 0 aliphatic heterocycles. The van der Waals surface area contributed by atoms with Crippen LogP contribution in [-0.4, -0.2) is 27.6 Å². The normalized spacial score (nSPS) is 10.5. The minimum atomic E-state index is -0.784. The Morgan fingerprint density at radius 1 is 1.39 bits per heavy atom. The number of carboxylic acids is 1.